The monoisotopic (exact) mass is 222 g/mol. The maximum absolute atomic E-state index is 10.9. The van der Waals surface area contributed by atoms with E-state index < -0.39 is 25.3 Å². The fourth-order valence-corrected chi connectivity index (χ4v) is 2.10. The molecule has 6 heteroatoms. The van der Waals surface area contributed by atoms with Gasteiger partial charge in [0.1, 0.15) is 5.60 Å². The normalized spacial score (nSPS) is 15.7. The summed E-state index contributed by atoms with van der Waals surface area (Å²) in [5, 5.41) is 0. The van der Waals surface area contributed by atoms with E-state index in [-0.39, 0.29) is 0 Å². The standard InChI is InChI=1S/C8H15O5P/c1-4-7(9)13-8(3,5-2)6-14(10,11)12/h4H,1,5-6H2,2-3H3,(H2,10,11,12). The number of carbonyl (C=O) groups is 1. The van der Waals surface area contributed by atoms with Crippen molar-refractivity contribution in [3.8, 4) is 0 Å². The van der Waals surface area contributed by atoms with Gasteiger partial charge in [-0.1, -0.05) is 13.5 Å². The van der Waals surface area contributed by atoms with Gasteiger partial charge in [-0.15, -0.1) is 0 Å². The van der Waals surface area contributed by atoms with Crippen molar-refractivity contribution in [2.75, 3.05) is 6.16 Å². The number of esters is 1. The molecule has 82 valence electrons. The Hall–Kier alpha value is -0.640. The Bertz CT molecular complexity index is 269. The summed E-state index contributed by atoms with van der Waals surface area (Å²) in [5.74, 6) is -0.678. The van der Waals surface area contributed by atoms with Gasteiger partial charge >= 0.3 is 13.6 Å². The van der Waals surface area contributed by atoms with E-state index in [1.807, 2.05) is 0 Å². The second-order valence-electron chi connectivity index (χ2n) is 3.25. The van der Waals surface area contributed by atoms with Crippen molar-refractivity contribution in [2.45, 2.75) is 25.9 Å². The number of carbonyl (C=O) groups excluding carboxylic acids is 1. The average Bonchev–Trinajstić information content (AvgIpc) is 2.00. The molecule has 5 nitrogen and oxygen atoms in total. The summed E-state index contributed by atoms with van der Waals surface area (Å²) in [5.41, 5.74) is -1.13. The first-order valence-electron chi connectivity index (χ1n) is 4.12. The Kier molecular flexibility index (Phi) is 4.52. The van der Waals surface area contributed by atoms with E-state index >= 15 is 0 Å². The summed E-state index contributed by atoms with van der Waals surface area (Å²) < 4.78 is 15.6. The number of hydrogen-bond donors (Lipinski definition) is 2. The lowest BCUT2D eigenvalue weighted by Gasteiger charge is -2.27. The lowest BCUT2D eigenvalue weighted by Crippen LogP contribution is -2.34. The van der Waals surface area contributed by atoms with Crippen LogP contribution in [0.3, 0.4) is 0 Å². The molecule has 0 aromatic rings. The molecule has 0 bridgehead atoms. The molecule has 1 unspecified atom stereocenters. The molecular formula is C8H15O5P. The van der Waals surface area contributed by atoms with Crippen molar-refractivity contribution in [1.29, 1.82) is 0 Å². The lowest BCUT2D eigenvalue weighted by molar-refractivity contribution is -0.150. The maximum Gasteiger partial charge on any atom is 0.330 e. The van der Waals surface area contributed by atoms with E-state index in [0.717, 1.165) is 6.08 Å². The van der Waals surface area contributed by atoms with Crippen molar-refractivity contribution >= 4 is 13.6 Å². The van der Waals surface area contributed by atoms with Gasteiger partial charge in [0.2, 0.25) is 0 Å². The van der Waals surface area contributed by atoms with Crippen LogP contribution >= 0.6 is 7.60 Å². The van der Waals surface area contributed by atoms with Crippen LogP contribution in [0, 0.1) is 0 Å². The van der Waals surface area contributed by atoms with Gasteiger partial charge in [-0.05, 0) is 13.3 Å². The minimum absolute atomic E-state index is 0.331. The van der Waals surface area contributed by atoms with E-state index in [1.165, 1.54) is 6.92 Å². The minimum atomic E-state index is -4.18. The topological polar surface area (TPSA) is 83.8 Å². The Morgan fingerprint density at radius 2 is 2.14 bits per heavy atom. The second-order valence-corrected chi connectivity index (χ2v) is 4.90. The van der Waals surface area contributed by atoms with Gasteiger partial charge in [-0.2, -0.15) is 0 Å². The SMILES string of the molecule is C=CC(=O)OC(C)(CC)CP(=O)(O)O. The highest BCUT2D eigenvalue weighted by Gasteiger charge is 2.34. The number of ether oxygens (including phenoxy) is 1. The van der Waals surface area contributed by atoms with Gasteiger partial charge < -0.3 is 14.5 Å². The van der Waals surface area contributed by atoms with E-state index in [9.17, 15) is 9.36 Å². The molecule has 0 rings (SSSR count). The molecule has 0 aromatic carbocycles. The Morgan fingerprint density at radius 3 is 2.43 bits per heavy atom. The first-order chi connectivity index (χ1) is 6.22. The first-order valence-corrected chi connectivity index (χ1v) is 5.92. The molecule has 0 aliphatic carbocycles. The number of rotatable bonds is 5. The van der Waals surface area contributed by atoms with Crippen LogP contribution in [0.2, 0.25) is 0 Å². The van der Waals surface area contributed by atoms with Crippen LogP contribution in [0.15, 0.2) is 12.7 Å². The summed E-state index contributed by atoms with van der Waals surface area (Å²) >= 11 is 0. The van der Waals surface area contributed by atoms with Crippen LogP contribution in [-0.4, -0.2) is 27.5 Å². The highest BCUT2D eigenvalue weighted by atomic mass is 31.2. The van der Waals surface area contributed by atoms with E-state index in [4.69, 9.17) is 14.5 Å². The van der Waals surface area contributed by atoms with Crippen molar-refractivity contribution in [2.24, 2.45) is 0 Å². The minimum Gasteiger partial charge on any atom is -0.456 e. The summed E-state index contributed by atoms with van der Waals surface area (Å²) in [7, 11) is -4.18. The van der Waals surface area contributed by atoms with Gasteiger partial charge in [0.05, 0.1) is 6.16 Å². The fourth-order valence-electron chi connectivity index (χ4n) is 0.936. The quantitative estimate of drug-likeness (QED) is 0.413. The molecule has 0 aliphatic heterocycles. The second kappa shape index (κ2) is 4.73. The highest BCUT2D eigenvalue weighted by Crippen LogP contribution is 2.40. The summed E-state index contributed by atoms with van der Waals surface area (Å²) in [6, 6.07) is 0. The van der Waals surface area contributed by atoms with E-state index in [1.54, 1.807) is 6.92 Å². The summed E-state index contributed by atoms with van der Waals surface area (Å²) in [4.78, 5) is 28.4. The maximum atomic E-state index is 10.9. The molecule has 2 N–H and O–H groups in total. The Labute approximate surface area is 82.9 Å². The molecular weight excluding hydrogens is 207 g/mol. The zero-order chi connectivity index (χ0) is 11.4. The van der Waals surface area contributed by atoms with Crippen molar-refractivity contribution in [1.82, 2.24) is 0 Å². The molecule has 0 fully saturated rings. The molecule has 14 heavy (non-hydrogen) atoms. The van der Waals surface area contributed by atoms with Crippen molar-refractivity contribution in [3.63, 3.8) is 0 Å². The van der Waals surface area contributed by atoms with Crippen LogP contribution in [0.5, 0.6) is 0 Å². The molecule has 0 aromatic heterocycles. The molecule has 0 amide bonds. The van der Waals surface area contributed by atoms with E-state index in [2.05, 4.69) is 6.58 Å². The average molecular weight is 222 g/mol. The number of hydrogen-bond acceptors (Lipinski definition) is 3. The van der Waals surface area contributed by atoms with Crippen molar-refractivity contribution in [3.05, 3.63) is 12.7 Å². The summed E-state index contributed by atoms with van der Waals surface area (Å²) in [6.07, 6.45) is 0.821. The largest absolute Gasteiger partial charge is 0.456 e. The Balaban J connectivity index is 4.55. The van der Waals surface area contributed by atoms with Gasteiger partial charge in [0, 0.05) is 6.08 Å². The molecule has 0 aliphatic rings. The lowest BCUT2D eigenvalue weighted by atomic mass is 10.1. The fraction of sp³-hybridized carbons (Fsp3) is 0.625. The zero-order valence-corrected chi connectivity index (χ0v) is 9.16. The van der Waals surface area contributed by atoms with Crippen LogP contribution in [-0.2, 0) is 14.1 Å². The predicted octanol–water partition coefficient (Wildman–Crippen LogP) is 1.06. The van der Waals surface area contributed by atoms with Crippen LogP contribution in [0.4, 0.5) is 0 Å². The third-order valence-electron chi connectivity index (χ3n) is 1.80. The van der Waals surface area contributed by atoms with Crippen LogP contribution in [0.1, 0.15) is 20.3 Å². The Morgan fingerprint density at radius 1 is 1.64 bits per heavy atom. The molecule has 0 heterocycles. The van der Waals surface area contributed by atoms with Gasteiger partial charge in [0.15, 0.2) is 0 Å². The highest BCUT2D eigenvalue weighted by molar-refractivity contribution is 7.51. The summed E-state index contributed by atoms with van der Waals surface area (Å²) in [6.45, 7) is 6.37. The van der Waals surface area contributed by atoms with Crippen LogP contribution in [0.25, 0.3) is 0 Å². The smallest absolute Gasteiger partial charge is 0.330 e. The molecule has 0 spiro atoms. The molecule has 0 saturated carbocycles. The molecule has 1 atom stereocenters. The van der Waals surface area contributed by atoms with Gasteiger partial charge in [-0.3, -0.25) is 4.57 Å². The third-order valence-corrected chi connectivity index (χ3v) is 2.88. The van der Waals surface area contributed by atoms with Gasteiger partial charge in [-0.25, -0.2) is 4.79 Å². The van der Waals surface area contributed by atoms with Crippen LogP contribution < -0.4 is 0 Å². The zero-order valence-electron chi connectivity index (χ0n) is 8.27. The first kappa shape index (κ1) is 13.4. The molecule has 0 radical (unpaired) electrons. The van der Waals surface area contributed by atoms with Gasteiger partial charge in [0.25, 0.3) is 0 Å². The predicted molar refractivity (Wildman–Crippen MR) is 51.9 cm³/mol. The molecule has 0 saturated heterocycles. The van der Waals surface area contributed by atoms with E-state index in [0.29, 0.717) is 6.42 Å². The van der Waals surface area contributed by atoms with Crippen molar-refractivity contribution < 1.29 is 23.9 Å². The third kappa shape index (κ3) is 5.17.